The van der Waals surface area contributed by atoms with Crippen LogP contribution in [0.2, 0.25) is 0 Å². The van der Waals surface area contributed by atoms with E-state index in [9.17, 15) is 0 Å². The molecule has 0 aromatic heterocycles. The maximum Gasteiger partial charge on any atom is 0.119 e. The van der Waals surface area contributed by atoms with Crippen LogP contribution >= 0.6 is 11.6 Å². The molecule has 2 nitrogen and oxygen atoms in total. The van der Waals surface area contributed by atoms with Crippen LogP contribution in [-0.2, 0) is 0 Å². The molecule has 82 valence electrons. The summed E-state index contributed by atoms with van der Waals surface area (Å²) in [6.07, 6.45) is 2.87. The summed E-state index contributed by atoms with van der Waals surface area (Å²) in [6.45, 7) is 2.49. The van der Waals surface area contributed by atoms with Gasteiger partial charge in [0.05, 0.1) is 6.61 Å². The Morgan fingerprint density at radius 3 is 2.80 bits per heavy atom. The van der Waals surface area contributed by atoms with Crippen molar-refractivity contribution in [1.29, 1.82) is 0 Å². The van der Waals surface area contributed by atoms with Crippen molar-refractivity contribution < 1.29 is 4.74 Å². The van der Waals surface area contributed by atoms with E-state index < -0.39 is 0 Å². The fraction of sp³-hybridized carbons (Fsp3) is 0.333. The van der Waals surface area contributed by atoms with E-state index in [2.05, 4.69) is 5.32 Å². The average molecular weight is 226 g/mol. The summed E-state index contributed by atoms with van der Waals surface area (Å²) in [4.78, 5) is 0. The molecule has 0 bridgehead atoms. The molecule has 1 rings (SSSR count). The van der Waals surface area contributed by atoms with Gasteiger partial charge < -0.3 is 10.1 Å². The van der Waals surface area contributed by atoms with Gasteiger partial charge >= 0.3 is 0 Å². The predicted octanol–water partition coefficient (Wildman–Crippen LogP) is 2.80. The maximum absolute atomic E-state index is 5.53. The summed E-state index contributed by atoms with van der Waals surface area (Å²) in [5, 5.41) is 3.22. The van der Waals surface area contributed by atoms with Crippen LogP contribution in [0.3, 0.4) is 0 Å². The Kier molecular flexibility index (Phi) is 6.71. The summed E-state index contributed by atoms with van der Waals surface area (Å²) in [5.74, 6) is 0.929. The van der Waals surface area contributed by atoms with Crippen molar-refractivity contribution in [2.75, 3.05) is 19.7 Å². The zero-order chi connectivity index (χ0) is 10.8. The molecule has 0 saturated heterocycles. The SMILES string of the molecule is Cl/C=C/CNCCCOc1ccccc1. The monoisotopic (exact) mass is 225 g/mol. The Labute approximate surface area is 95.9 Å². The first-order valence-electron chi connectivity index (χ1n) is 5.07. The standard InChI is InChI=1S/C12H16ClNO/c13-8-4-9-14-10-5-11-15-12-6-2-1-3-7-12/h1-4,6-8,14H,5,9-11H2/b8-4+. The smallest absolute Gasteiger partial charge is 0.119 e. The molecule has 3 heteroatoms. The molecule has 0 unspecified atom stereocenters. The van der Waals surface area contributed by atoms with E-state index in [0.29, 0.717) is 0 Å². The van der Waals surface area contributed by atoms with Crippen LogP contribution in [0.15, 0.2) is 41.9 Å². The zero-order valence-electron chi connectivity index (χ0n) is 8.66. The van der Waals surface area contributed by atoms with E-state index in [-0.39, 0.29) is 0 Å². The van der Waals surface area contributed by atoms with Gasteiger partial charge in [-0.2, -0.15) is 0 Å². The Morgan fingerprint density at radius 1 is 1.27 bits per heavy atom. The van der Waals surface area contributed by atoms with E-state index in [1.165, 1.54) is 5.54 Å². The number of para-hydroxylation sites is 1. The average Bonchev–Trinajstić information content (AvgIpc) is 2.29. The molecule has 15 heavy (non-hydrogen) atoms. The van der Waals surface area contributed by atoms with Gasteiger partial charge in [0.2, 0.25) is 0 Å². The second-order valence-corrected chi connectivity index (χ2v) is 3.33. The van der Waals surface area contributed by atoms with Gasteiger partial charge in [0.1, 0.15) is 5.75 Å². The van der Waals surface area contributed by atoms with Crippen LogP contribution in [0.5, 0.6) is 5.75 Å². The molecule has 0 saturated carbocycles. The Hall–Kier alpha value is -0.990. The Balaban J connectivity index is 1.98. The fourth-order valence-corrected chi connectivity index (χ4v) is 1.22. The molecule has 0 spiro atoms. The van der Waals surface area contributed by atoms with Crippen LogP contribution in [-0.4, -0.2) is 19.7 Å². The lowest BCUT2D eigenvalue weighted by Gasteiger charge is -2.05. The molecule has 0 aliphatic heterocycles. The fourth-order valence-electron chi connectivity index (χ4n) is 1.13. The summed E-state index contributed by atoms with van der Waals surface area (Å²) in [6, 6.07) is 9.85. The normalized spacial score (nSPS) is 10.7. The molecular weight excluding hydrogens is 210 g/mol. The number of ether oxygens (including phenoxy) is 1. The van der Waals surface area contributed by atoms with Crippen molar-refractivity contribution in [1.82, 2.24) is 5.32 Å². The lowest BCUT2D eigenvalue weighted by molar-refractivity contribution is 0.309. The number of hydrogen-bond acceptors (Lipinski definition) is 2. The first kappa shape index (κ1) is 12.1. The molecule has 0 fully saturated rings. The van der Waals surface area contributed by atoms with E-state index in [4.69, 9.17) is 16.3 Å². The largest absolute Gasteiger partial charge is 0.494 e. The highest BCUT2D eigenvalue weighted by Gasteiger charge is 1.90. The molecule has 0 atom stereocenters. The molecule has 0 amide bonds. The number of nitrogens with one attached hydrogen (secondary N) is 1. The Bertz CT molecular complexity index is 274. The first-order chi connectivity index (χ1) is 7.43. The van der Waals surface area contributed by atoms with Crippen molar-refractivity contribution in [2.45, 2.75) is 6.42 Å². The van der Waals surface area contributed by atoms with Gasteiger partial charge in [-0.25, -0.2) is 0 Å². The quantitative estimate of drug-likeness (QED) is 0.721. The van der Waals surface area contributed by atoms with Gasteiger partial charge in [0.25, 0.3) is 0 Å². The van der Waals surface area contributed by atoms with Crippen molar-refractivity contribution in [2.24, 2.45) is 0 Å². The molecule has 1 aromatic rings. The maximum atomic E-state index is 5.53. The molecule has 0 heterocycles. The summed E-state index contributed by atoms with van der Waals surface area (Å²) in [7, 11) is 0. The molecule has 0 aliphatic rings. The molecule has 1 N–H and O–H groups in total. The van der Waals surface area contributed by atoms with Crippen LogP contribution in [0.25, 0.3) is 0 Å². The summed E-state index contributed by atoms with van der Waals surface area (Å²) >= 11 is 5.38. The third-order valence-electron chi connectivity index (χ3n) is 1.86. The minimum Gasteiger partial charge on any atom is -0.494 e. The van der Waals surface area contributed by atoms with Gasteiger partial charge in [-0.3, -0.25) is 0 Å². The highest BCUT2D eigenvalue weighted by atomic mass is 35.5. The highest BCUT2D eigenvalue weighted by molar-refractivity contribution is 6.25. The third kappa shape index (κ3) is 6.15. The molecule has 0 aliphatic carbocycles. The number of benzene rings is 1. The first-order valence-corrected chi connectivity index (χ1v) is 5.51. The minimum absolute atomic E-state index is 0.738. The highest BCUT2D eigenvalue weighted by Crippen LogP contribution is 2.07. The Morgan fingerprint density at radius 2 is 2.07 bits per heavy atom. The van der Waals surface area contributed by atoms with E-state index >= 15 is 0 Å². The van der Waals surface area contributed by atoms with Gasteiger partial charge in [0.15, 0.2) is 0 Å². The lowest BCUT2D eigenvalue weighted by Crippen LogP contribution is -2.17. The predicted molar refractivity (Wildman–Crippen MR) is 64.4 cm³/mol. The second-order valence-electron chi connectivity index (χ2n) is 3.08. The molecule has 0 radical (unpaired) electrons. The van der Waals surface area contributed by atoms with Crippen LogP contribution < -0.4 is 10.1 Å². The topological polar surface area (TPSA) is 21.3 Å². The van der Waals surface area contributed by atoms with Crippen molar-refractivity contribution >= 4 is 11.6 Å². The summed E-state index contributed by atoms with van der Waals surface area (Å²) < 4.78 is 5.53. The number of rotatable bonds is 7. The minimum atomic E-state index is 0.738. The molecule has 1 aromatic carbocycles. The van der Waals surface area contributed by atoms with Gasteiger partial charge in [-0.1, -0.05) is 35.9 Å². The zero-order valence-corrected chi connectivity index (χ0v) is 9.41. The van der Waals surface area contributed by atoms with Gasteiger partial charge in [-0.05, 0) is 25.1 Å². The second kappa shape index (κ2) is 8.33. The van der Waals surface area contributed by atoms with Crippen LogP contribution in [0, 0.1) is 0 Å². The lowest BCUT2D eigenvalue weighted by atomic mass is 10.3. The molecular formula is C12H16ClNO. The van der Waals surface area contributed by atoms with Crippen molar-refractivity contribution in [3.63, 3.8) is 0 Å². The number of halogens is 1. The van der Waals surface area contributed by atoms with E-state index in [1.807, 2.05) is 36.4 Å². The van der Waals surface area contributed by atoms with Crippen LogP contribution in [0.4, 0.5) is 0 Å². The summed E-state index contributed by atoms with van der Waals surface area (Å²) in [5.41, 5.74) is 1.52. The number of hydrogen-bond donors (Lipinski definition) is 1. The van der Waals surface area contributed by atoms with Gasteiger partial charge in [0, 0.05) is 12.1 Å². The van der Waals surface area contributed by atoms with Gasteiger partial charge in [-0.15, -0.1) is 0 Å². The van der Waals surface area contributed by atoms with E-state index in [1.54, 1.807) is 0 Å². The van der Waals surface area contributed by atoms with Crippen molar-refractivity contribution in [3.05, 3.63) is 41.9 Å². The van der Waals surface area contributed by atoms with E-state index in [0.717, 1.165) is 31.9 Å². The van der Waals surface area contributed by atoms with Crippen LogP contribution in [0.1, 0.15) is 6.42 Å². The van der Waals surface area contributed by atoms with Crippen molar-refractivity contribution in [3.8, 4) is 5.75 Å². The third-order valence-corrected chi connectivity index (χ3v) is 2.04.